The fraction of sp³-hybridized carbons (Fsp3) is 0.471. The smallest absolute Gasteiger partial charge is 0.176 e. The Labute approximate surface area is 130 Å². The van der Waals surface area contributed by atoms with Crippen LogP contribution in [0.25, 0.3) is 6.08 Å². The topological polar surface area (TPSA) is 17.1 Å². The maximum atomic E-state index is 12.0. The third-order valence-corrected chi connectivity index (χ3v) is 5.16. The highest BCUT2D eigenvalue weighted by Crippen LogP contribution is 2.27. The van der Waals surface area contributed by atoms with Crippen LogP contribution in [0.15, 0.2) is 34.7 Å². The van der Waals surface area contributed by atoms with Crippen molar-refractivity contribution in [3.05, 3.63) is 35.4 Å². The van der Waals surface area contributed by atoms with Crippen molar-refractivity contribution in [2.75, 3.05) is 5.75 Å². The highest BCUT2D eigenvalue weighted by Gasteiger charge is 2.24. The summed E-state index contributed by atoms with van der Waals surface area (Å²) in [5, 5.41) is -0.323. The molecule has 1 fully saturated rings. The van der Waals surface area contributed by atoms with Gasteiger partial charge in [0.1, 0.15) is 0 Å². The Bertz CT molecular complexity index is 490. The van der Waals surface area contributed by atoms with Crippen molar-refractivity contribution < 1.29 is 4.79 Å². The van der Waals surface area contributed by atoms with E-state index in [1.54, 1.807) is 0 Å². The first-order valence-electron chi connectivity index (χ1n) is 7.18. The van der Waals surface area contributed by atoms with E-state index in [9.17, 15) is 4.79 Å². The summed E-state index contributed by atoms with van der Waals surface area (Å²) in [4.78, 5) is 13.3. The molecule has 1 saturated carbocycles. The zero-order valence-electron chi connectivity index (χ0n) is 12.1. The number of halogens is 1. The molecule has 0 aliphatic heterocycles. The van der Waals surface area contributed by atoms with E-state index in [1.165, 1.54) is 4.90 Å². The highest BCUT2D eigenvalue weighted by molar-refractivity contribution is 7.99. The monoisotopic (exact) mass is 308 g/mol. The van der Waals surface area contributed by atoms with E-state index in [1.807, 2.05) is 17.8 Å². The van der Waals surface area contributed by atoms with Gasteiger partial charge in [-0.05, 0) is 54.5 Å². The average Bonchev–Trinajstić information content (AvgIpc) is 2.43. The Morgan fingerprint density at radius 3 is 2.70 bits per heavy atom. The summed E-state index contributed by atoms with van der Waals surface area (Å²) in [5.41, 5.74) is 1.96. The Hall–Kier alpha value is -0.730. The molecule has 0 saturated heterocycles. The molecule has 1 aliphatic carbocycles. The SMILES string of the molecule is CC(C)CSc1ccc(C=C2CCCC(Cl)C2=O)cc1. The summed E-state index contributed by atoms with van der Waals surface area (Å²) in [6.07, 6.45) is 4.66. The van der Waals surface area contributed by atoms with Crippen LogP contribution in [0.4, 0.5) is 0 Å². The number of hydrogen-bond donors (Lipinski definition) is 0. The Balaban J connectivity index is 2.04. The van der Waals surface area contributed by atoms with Crippen molar-refractivity contribution in [2.45, 2.75) is 43.4 Å². The third-order valence-electron chi connectivity index (χ3n) is 3.31. The number of rotatable bonds is 4. The predicted molar refractivity (Wildman–Crippen MR) is 88.5 cm³/mol. The van der Waals surface area contributed by atoms with Crippen LogP contribution >= 0.6 is 23.4 Å². The number of ketones is 1. The lowest BCUT2D eigenvalue weighted by molar-refractivity contribution is -0.116. The molecule has 1 nitrogen and oxygen atoms in total. The van der Waals surface area contributed by atoms with E-state index in [4.69, 9.17) is 11.6 Å². The predicted octanol–water partition coefficient (Wildman–Crippen LogP) is 5.18. The van der Waals surface area contributed by atoms with E-state index in [0.717, 1.165) is 36.2 Å². The van der Waals surface area contributed by atoms with E-state index in [-0.39, 0.29) is 11.2 Å². The number of Topliss-reactive ketones (excluding diaryl/α,β-unsaturated/α-hetero) is 1. The Morgan fingerprint density at radius 2 is 2.05 bits per heavy atom. The first kappa shape index (κ1) is 15.7. The summed E-state index contributed by atoms with van der Waals surface area (Å²) in [6, 6.07) is 8.43. The van der Waals surface area contributed by atoms with Gasteiger partial charge < -0.3 is 0 Å². The van der Waals surface area contributed by atoms with Gasteiger partial charge in [0.2, 0.25) is 0 Å². The molecule has 0 bridgehead atoms. The van der Waals surface area contributed by atoms with Crippen LogP contribution in [0.5, 0.6) is 0 Å². The third kappa shape index (κ3) is 4.39. The van der Waals surface area contributed by atoms with Gasteiger partial charge in [0.25, 0.3) is 0 Å². The fourth-order valence-corrected chi connectivity index (χ4v) is 3.34. The number of carbonyl (C=O) groups is 1. The standard InChI is InChI=1S/C17H21ClOS/c1-12(2)11-20-15-8-6-13(7-9-15)10-14-4-3-5-16(18)17(14)19/h6-10,12,16H,3-5,11H2,1-2H3. The van der Waals surface area contributed by atoms with Gasteiger partial charge in [-0.1, -0.05) is 26.0 Å². The minimum Gasteiger partial charge on any atom is -0.293 e. The normalized spacial score (nSPS) is 21.7. The first-order valence-corrected chi connectivity index (χ1v) is 8.60. The Morgan fingerprint density at radius 1 is 1.35 bits per heavy atom. The molecule has 1 aliphatic rings. The van der Waals surface area contributed by atoms with Gasteiger partial charge in [-0.15, -0.1) is 23.4 Å². The summed E-state index contributed by atoms with van der Waals surface area (Å²) >= 11 is 7.91. The van der Waals surface area contributed by atoms with Gasteiger partial charge in [0.15, 0.2) is 5.78 Å². The molecular weight excluding hydrogens is 288 g/mol. The highest BCUT2D eigenvalue weighted by atomic mass is 35.5. The first-order chi connectivity index (χ1) is 9.56. The quantitative estimate of drug-likeness (QED) is 0.433. The molecule has 1 atom stereocenters. The van der Waals surface area contributed by atoms with E-state index < -0.39 is 0 Å². The van der Waals surface area contributed by atoms with Crippen LogP contribution in [-0.4, -0.2) is 16.9 Å². The number of thioether (sulfide) groups is 1. The number of hydrogen-bond acceptors (Lipinski definition) is 2. The molecule has 108 valence electrons. The van der Waals surface area contributed by atoms with E-state index >= 15 is 0 Å². The summed E-state index contributed by atoms with van der Waals surface area (Å²) in [7, 11) is 0. The molecular formula is C17H21ClOS. The van der Waals surface area contributed by atoms with E-state index in [0.29, 0.717) is 5.92 Å². The number of alkyl halides is 1. The molecule has 1 unspecified atom stereocenters. The maximum absolute atomic E-state index is 12.0. The lowest BCUT2D eigenvalue weighted by Crippen LogP contribution is -2.21. The number of allylic oxidation sites excluding steroid dienone is 1. The van der Waals surface area contributed by atoms with Crippen molar-refractivity contribution >= 4 is 35.2 Å². The Kier molecular flexibility index (Phi) is 5.74. The maximum Gasteiger partial charge on any atom is 0.176 e. The lowest BCUT2D eigenvalue weighted by Gasteiger charge is -2.17. The molecule has 0 radical (unpaired) electrons. The van der Waals surface area contributed by atoms with Gasteiger partial charge in [0, 0.05) is 10.6 Å². The van der Waals surface area contributed by atoms with Crippen LogP contribution in [0.1, 0.15) is 38.7 Å². The molecule has 0 aromatic heterocycles. The van der Waals surface area contributed by atoms with Crippen LogP contribution in [-0.2, 0) is 4.79 Å². The lowest BCUT2D eigenvalue weighted by atomic mass is 9.92. The summed E-state index contributed by atoms with van der Waals surface area (Å²) in [5.74, 6) is 1.94. The fourth-order valence-electron chi connectivity index (χ4n) is 2.19. The molecule has 20 heavy (non-hydrogen) atoms. The van der Waals surface area contributed by atoms with Crippen molar-refractivity contribution in [3.8, 4) is 0 Å². The molecule has 0 heterocycles. The number of carbonyl (C=O) groups excluding carboxylic acids is 1. The van der Waals surface area contributed by atoms with Crippen molar-refractivity contribution in [1.82, 2.24) is 0 Å². The number of benzene rings is 1. The summed E-state index contributed by atoms with van der Waals surface area (Å²) < 4.78 is 0. The van der Waals surface area contributed by atoms with Gasteiger partial charge in [-0.3, -0.25) is 4.79 Å². The molecule has 0 N–H and O–H groups in total. The van der Waals surface area contributed by atoms with Crippen molar-refractivity contribution in [2.24, 2.45) is 5.92 Å². The second kappa shape index (κ2) is 7.33. The van der Waals surface area contributed by atoms with Crippen LogP contribution < -0.4 is 0 Å². The largest absolute Gasteiger partial charge is 0.293 e. The van der Waals surface area contributed by atoms with Gasteiger partial charge in [-0.25, -0.2) is 0 Å². The van der Waals surface area contributed by atoms with Gasteiger partial charge in [-0.2, -0.15) is 0 Å². The van der Waals surface area contributed by atoms with Crippen LogP contribution in [0, 0.1) is 5.92 Å². The second-order valence-electron chi connectivity index (χ2n) is 5.67. The van der Waals surface area contributed by atoms with Gasteiger partial charge in [0.05, 0.1) is 5.38 Å². The van der Waals surface area contributed by atoms with Crippen molar-refractivity contribution in [3.63, 3.8) is 0 Å². The van der Waals surface area contributed by atoms with Crippen LogP contribution in [0.2, 0.25) is 0 Å². The van der Waals surface area contributed by atoms with Gasteiger partial charge >= 0.3 is 0 Å². The summed E-state index contributed by atoms with van der Waals surface area (Å²) in [6.45, 7) is 4.45. The zero-order chi connectivity index (χ0) is 14.5. The molecule has 2 rings (SSSR count). The minimum atomic E-state index is -0.323. The molecule has 1 aromatic carbocycles. The second-order valence-corrected chi connectivity index (χ2v) is 7.29. The molecule has 3 heteroatoms. The molecule has 0 amide bonds. The molecule has 0 spiro atoms. The molecule has 1 aromatic rings. The van der Waals surface area contributed by atoms with E-state index in [2.05, 4.69) is 38.1 Å². The zero-order valence-corrected chi connectivity index (χ0v) is 13.6. The van der Waals surface area contributed by atoms with Crippen molar-refractivity contribution in [1.29, 1.82) is 0 Å². The van der Waals surface area contributed by atoms with Crippen LogP contribution in [0.3, 0.4) is 0 Å². The average molecular weight is 309 g/mol. The minimum absolute atomic E-state index is 0.108.